The zero-order valence-electron chi connectivity index (χ0n) is 7.69. The molecule has 0 aliphatic carbocycles. The van der Waals surface area contributed by atoms with Crippen molar-refractivity contribution < 1.29 is 8.78 Å². The molecule has 13 heavy (non-hydrogen) atoms. The monoisotopic (exact) mass is 183 g/mol. The molecule has 0 aromatic heterocycles. The summed E-state index contributed by atoms with van der Waals surface area (Å²) in [6.45, 7) is 4.94. The van der Waals surface area contributed by atoms with Crippen molar-refractivity contribution in [3.8, 4) is 0 Å². The lowest BCUT2D eigenvalue weighted by atomic mass is 9.95. The summed E-state index contributed by atoms with van der Waals surface area (Å²) in [5.41, 5.74) is 1.27. The van der Waals surface area contributed by atoms with Crippen LogP contribution in [0.15, 0.2) is 18.2 Å². The maximum atomic E-state index is 13.2. The second-order valence-electron chi connectivity index (χ2n) is 3.01. The second kappa shape index (κ2) is 4.35. The standard InChI is InChI=1S/C11H13F2/c1-3-9-10(8(2)7-12)5-4-6-11(9)13/h4-6,8H,2-3,7H2,1H3. The first-order valence-corrected chi connectivity index (χ1v) is 4.37. The fourth-order valence-corrected chi connectivity index (χ4v) is 1.41. The third kappa shape index (κ3) is 2.06. The van der Waals surface area contributed by atoms with Gasteiger partial charge < -0.3 is 0 Å². The summed E-state index contributed by atoms with van der Waals surface area (Å²) in [6, 6.07) is 4.73. The molecule has 1 rings (SSSR count). The molecule has 0 spiro atoms. The highest BCUT2D eigenvalue weighted by Gasteiger charge is 2.12. The molecule has 1 atom stereocenters. The fourth-order valence-electron chi connectivity index (χ4n) is 1.41. The normalized spacial score (nSPS) is 12.9. The van der Waals surface area contributed by atoms with Crippen molar-refractivity contribution in [2.45, 2.75) is 19.3 Å². The molecule has 0 bridgehead atoms. The number of rotatable bonds is 3. The Kier molecular flexibility index (Phi) is 3.40. The van der Waals surface area contributed by atoms with Crippen molar-refractivity contribution in [2.75, 3.05) is 6.67 Å². The molecule has 0 fully saturated rings. The van der Waals surface area contributed by atoms with Crippen molar-refractivity contribution in [3.63, 3.8) is 0 Å². The van der Waals surface area contributed by atoms with Gasteiger partial charge in [-0.1, -0.05) is 19.1 Å². The van der Waals surface area contributed by atoms with Gasteiger partial charge in [0.1, 0.15) is 5.82 Å². The third-order valence-corrected chi connectivity index (χ3v) is 2.13. The molecular weight excluding hydrogens is 170 g/mol. The maximum Gasteiger partial charge on any atom is 0.126 e. The van der Waals surface area contributed by atoms with Gasteiger partial charge in [-0.15, -0.1) is 0 Å². The van der Waals surface area contributed by atoms with E-state index in [1.54, 1.807) is 12.1 Å². The summed E-state index contributed by atoms with van der Waals surface area (Å²) < 4.78 is 25.5. The Morgan fingerprint density at radius 3 is 2.69 bits per heavy atom. The van der Waals surface area contributed by atoms with Crippen molar-refractivity contribution in [2.24, 2.45) is 0 Å². The Balaban J connectivity index is 3.12. The summed E-state index contributed by atoms with van der Waals surface area (Å²) in [5.74, 6) is -0.715. The van der Waals surface area contributed by atoms with Crippen molar-refractivity contribution in [1.82, 2.24) is 0 Å². The predicted molar refractivity (Wildman–Crippen MR) is 49.9 cm³/mol. The lowest BCUT2D eigenvalue weighted by Gasteiger charge is -2.12. The predicted octanol–water partition coefficient (Wildman–Crippen LogP) is 3.28. The van der Waals surface area contributed by atoms with Crippen LogP contribution in [0.2, 0.25) is 0 Å². The lowest BCUT2D eigenvalue weighted by molar-refractivity contribution is 0.462. The summed E-state index contributed by atoms with van der Waals surface area (Å²) in [6.07, 6.45) is 0.577. The molecule has 0 nitrogen and oxygen atoms in total. The molecule has 0 N–H and O–H groups in total. The summed E-state index contributed by atoms with van der Waals surface area (Å²) in [7, 11) is 0. The van der Waals surface area contributed by atoms with Crippen molar-refractivity contribution >= 4 is 0 Å². The van der Waals surface area contributed by atoms with E-state index in [0.29, 0.717) is 17.5 Å². The van der Waals surface area contributed by atoms with Crippen LogP contribution in [-0.4, -0.2) is 6.67 Å². The number of benzene rings is 1. The number of hydrogen-bond acceptors (Lipinski definition) is 0. The van der Waals surface area contributed by atoms with Gasteiger partial charge in [-0.3, -0.25) is 4.39 Å². The van der Waals surface area contributed by atoms with Gasteiger partial charge >= 0.3 is 0 Å². The van der Waals surface area contributed by atoms with E-state index in [-0.39, 0.29) is 5.82 Å². The van der Waals surface area contributed by atoms with Crippen LogP contribution in [0.5, 0.6) is 0 Å². The molecule has 1 aromatic carbocycles. The van der Waals surface area contributed by atoms with E-state index in [1.807, 2.05) is 6.92 Å². The molecule has 2 heteroatoms. The highest BCUT2D eigenvalue weighted by molar-refractivity contribution is 5.32. The minimum atomic E-state index is -0.545. The number of hydrogen-bond donors (Lipinski definition) is 0. The highest BCUT2D eigenvalue weighted by Crippen LogP contribution is 2.22. The zero-order valence-corrected chi connectivity index (χ0v) is 7.69. The van der Waals surface area contributed by atoms with Gasteiger partial charge in [-0.2, -0.15) is 0 Å². The van der Waals surface area contributed by atoms with E-state index in [0.717, 1.165) is 0 Å². The highest BCUT2D eigenvalue weighted by atomic mass is 19.1. The molecule has 0 heterocycles. The fraction of sp³-hybridized carbons (Fsp3) is 0.364. The van der Waals surface area contributed by atoms with Crippen LogP contribution in [0.4, 0.5) is 8.78 Å². The minimum Gasteiger partial charge on any atom is -0.250 e. The van der Waals surface area contributed by atoms with Gasteiger partial charge in [0.15, 0.2) is 0 Å². The van der Waals surface area contributed by atoms with Crippen LogP contribution in [0.25, 0.3) is 0 Å². The van der Waals surface area contributed by atoms with Crippen LogP contribution >= 0.6 is 0 Å². The molecule has 71 valence electrons. The van der Waals surface area contributed by atoms with E-state index in [9.17, 15) is 8.78 Å². The third-order valence-electron chi connectivity index (χ3n) is 2.13. The molecule has 1 unspecified atom stereocenters. The van der Waals surface area contributed by atoms with Crippen LogP contribution in [-0.2, 0) is 6.42 Å². The van der Waals surface area contributed by atoms with Gasteiger partial charge in [0, 0.05) is 5.92 Å². The Morgan fingerprint density at radius 1 is 1.46 bits per heavy atom. The Bertz CT molecular complexity index is 281. The van der Waals surface area contributed by atoms with E-state index in [4.69, 9.17) is 0 Å². The molecule has 1 radical (unpaired) electrons. The smallest absolute Gasteiger partial charge is 0.126 e. The molecule has 0 saturated carbocycles. The zero-order chi connectivity index (χ0) is 9.84. The molecule has 0 aliphatic heterocycles. The van der Waals surface area contributed by atoms with Gasteiger partial charge in [0.2, 0.25) is 0 Å². The largest absolute Gasteiger partial charge is 0.250 e. The van der Waals surface area contributed by atoms with Crippen LogP contribution < -0.4 is 0 Å². The maximum absolute atomic E-state index is 13.2. The first kappa shape index (κ1) is 10.2. The molecular formula is C11H13F2. The number of alkyl halides is 1. The molecule has 1 aromatic rings. The number of halogens is 2. The average molecular weight is 183 g/mol. The molecule has 0 amide bonds. The first-order chi connectivity index (χ1) is 6.20. The van der Waals surface area contributed by atoms with E-state index in [1.165, 1.54) is 6.07 Å². The minimum absolute atomic E-state index is 0.262. The van der Waals surface area contributed by atoms with Crippen molar-refractivity contribution in [1.29, 1.82) is 0 Å². The Hall–Kier alpha value is -0.920. The van der Waals surface area contributed by atoms with Gasteiger partial charge in [0.25, 0.3) is 0 Å². The summed E-state index contributed by atoms with van der Waals surface area (Å²) >= 11 is 0. The second-order valence-corrected chi connectivity index (χ2v) is 3.01. The van der Waals surface area contributed by atoms with Crippen molar-refractivity contribution in [3.05, 3.63) is 42.1 Å². The Morgan fingerprint density at radius 2 is 2.15 bits per heavy atom. The van der Waals surface area contributed by atoms with Gasteiger partial charge in [-0.25, -0.2) is 4.39 Å². The first-order valence-electron chi connectivity index (χ1n) is 4.37. The lowest BCUT2D eigenvalue weighted by Crippen LogP contribution is -2.02. The van der Waals surface area contributed by atoms with E-state index >= 15 is 0 Å². The SMILES string of the molecule is [CH2]C(CF)c1cccc(F)c1CC. The summed E-state index contributed by atoms with van der Waals surface area (Å²) in [5, 5.41) is 0. The van der Waals surface area contributed by atoms with Crippen LogP contribution in [0, 0.1) is 12.7 Å². The quantitative estimate of drug-likeness (QED) is 0.674. The van der Waals surface area contributed by atoms with Gasteiger partial charge in [-0.05, 0) is 30.5 Å². The molecule has 0 saturated heterocycles. The average Bonchev–Trinajstić information content (AvgIpc) is 2.16. The van der Waals surface area contributed by atoms with Gasteiger partial charge in [0.05, 0.1) is 6.67 Å². The summed E-state index contributed by atoms with van der Waals surface area (Å²) in [4.78, 5) is 0. The van der Waals surface area contributed by atoms with E-state index < -0.39 is 12.6 Å². The Labute approximate surface area is 77.6 Å². The molecule has 0 aliphatic rings. The topological polar surface area (TPSA) is 0 Å². The van der Waals surface area contributed by atoms with E-state index in [2.05, 4.69) is 6.92 Å². The van der Waals surface area contributed by atoms with Crippen LogP contribution in [0.3, 0.4) is 0 Å². The van der Waals surface area contributed by atoms with Crippen LogP contribution in [0.1, 0.15) is 24.0 Å².